The minimum Gasteiger partial charge on any atom is -0.399 e. The monoisotopic (exact) mass is 226 g/mol. The molecule has 17 heavy (non-hydrogen) atoms. The van der Waals surface area contributed by atoms with Crippen LogP contribution in [0.2, 0.25) is 0 Å². The first-order chi connectivity index (χ1) is 8.15. The first-order valence-electron chi connectivity index (χ1n) is 5.39. The second-order valence-corrected chi connectivity index (χ2v) is 3.88. The van der Waals surface area contributed by atoms with Crippen molar-refractivity contribution in [3.8, 4) is 0 Å². The highest BCUT2D eigenvalue weighted by Gasteiger charge is 2.00. The van der Waals surface area contributed by atoms with Gasteiger partial charge in [0.2, 0.25) is 0 Å². The second kappa shape index (κ2) is 4.70. The number of ketones is 1. The van der Waals surface area contributed by atoms with E-state index in [0.717, 1.165) is 17.1 Å². The summed E-state index contributed by atoms with van der Waals surface area (Å²) in [5.41, 5.74) is 8.88. The summed E-state index contributed by atoms with van der Waals surface area (Å²) in [6, 6.07) is 14.9. The molecule has 0 fully saturated rings. The third kappa shape index (κ3) is 2.84. The van der Waals surface area contributed by atoms with Crippen LogP contribution in [-0.2, 0) is 0 Å². The van der Waals surface area contributed by atoms with Crippen molar-refractivity contribution in [1.82, 2.24) is 0 Å². The first kappa shape index (κ1) is 11.2. The summed E-state index contributed by atoms with van der Waals surface area (Å²) in [4.78, 5) is 11.3. The minimum atomic E-state index is 0.0611. The van der Waals surface area contributed by atoms with E-state index < -0.39 is 0 Å². The largest absolute Gasteiger partial charge is 0.399 e. The number of nitrogens with one attached hydrogen (secondary N) is 1. The fourth-order valence-corrected chi connectivity index (χ4v) is 1.55. The smallest absolute Gasteiger partial charge is 0.159 e. The predicted octanol–water partition coefficient (Wildman–Crippen LogP) is 3.22. The highest BCUT2D eigenvalue weighted by molar-refractivity contribution is 5.95. The normalized spacial score (nSPS) is 9.94. The molecule has 86 valence electrons. The van der Waals surface area contributed by atoms with Gasteiger partial charge in [0.1, 0.15) is 0 Å². The first-order valence-corrected chi connectivity index (χ1v) is 5.39. The van der Waals surface area contributed by atoms with Crippen molar-refractivity contribution in [1.29, 1.82) is 0 Å². The summed E-state index contributed by atoms with van der Waals surface area (Å²) in [7, 11) is 0. The van der Waals surface area contributed by atoms with Crippen LogP contribution >= 0.6 is 0 Å². The molecule has 2 aromatic rings. The van der Waals surface area contributed by atoms with Crippen molar-refractivity contribution in [3.63, 3.8) is 0 Å². The van der Waals surface area contributed by atoms with Crippen LogP contribution in [0.3, 0.4) is 0 Å². The number of benzene rings is 2. The van der Waals surface area contributed by atoms with Gasteiger partial charge in [-0.05, 0) is 43.3 Å². The van der Waals surface area contributed by atoms with Gasteiger partial charge in [0, 0.05) is 22.6 Å². The van der Waals surface area contributed by atoms with E-state index in [9.17, 15) is 4.79 Å². The molecule has 0 amide bonds. The maximum Gasteiger partial charge on any atom is 0.159 e. The maximum atomic E-state index is 11.3. The minimum absolute atomic E-state index is 0.0611. The van der Waals surface area contributed by atoms with E-state index in [-0.39, 0.29) is 5.78 Å². The van der Waals surface area contributed by atoms with E-state index in [1.807, 2.05) is 42.5 Å². The fourth-order valence-electron chi connectivity index (χ4n) is 1.55. The van der Waals surface area contributed by atoms with E-state index in [2.05, 4.69) is 5.32 Å². The molecule has 0 radical (unpaired) electrons. The Morgan fingerprint density at radius 3 is 2.41 bits per heavy atom. The molecule has 0 spiro atoms. The quantitative estimate of drug-likeness (QED) is 0.624. The van der Waals surface area contributed by atoms with Crippen molar-refractivity contribution in [3.05, 3.63) is 54.1 Å². The molecule has 0 heterocycles. The highest BCUT2D eigenvalue weighted by Crippen LogP contribution is 2.18. The van der Waals surface area contributed by atoms with Crippen LogP contribution in [0.4, 0.5) is 17.1 Å². The molecule has 2 aromatic carbocycles. The standard InChI is InChI=1S/C14H14N2O/c1-10(17)11-3-2-4-14(9-11)16-13-7-5-12(15)6-8-13/h2-9,16H,15H2,1H3. The number of carbonyl (C=O) groups excluding carboxylic acids is 1. The van der Waals surface area contributed by atoms with Crippen LogP contribution in [0.5, 0.6) is 0 Å². The topological polar surface area (TPSA) is 55.1 Å². The van der Waals surface area contributed by atoms with Crippen LogP contribution < -0.4 is 11.1 Å². The zero-order chi connectivity index (χ0) is 12.3. The van der Waals surface area contributed by atoms with Crippen LogP contribution in [0.25, 0.3) is 0 Å². The van der Waals surface area contributed by atoms with Crippen molar-refractivity contribution < 1.29 is 4.79 Å². The molecule has 0 aliphatic heterocycles. The number of Topliss-reactive ketones (excluding diaryl/α,β-unsaturated/α-hetero) is 1. The van der Waals surface area contributed by atoms with Gasteiger partial charge in [0.25, 0.3) is 0 Å². The number of hydrogen-bond donors (Lipinski definition) is 2. The Morgan fingerprint density at radius 2 is 1.76 bits per heavy atom. The summed E-state index contributed by atoms with van der Waals surface area (Å²) in [6.45, 7) is 1.56. The van der Waals surface area contributed by atoms with E-state index in [0.29, 0.717) is 5.56 Å². The molecular formula is C14H14N2O. The number of nitrogens with two attached hydrogens (primary N) is 1. The van der Waals surface area contributed by atoms with Gasteiger partial charge in [-0.1, -0.05) is 12.1 Å². The second-order valence-electron chi connectivity index (χ2n) is 3.88. The Kier molecular flexibility index (Phi) is 3.10. The summed E-state index contributed by atoms with van der Waals surface area (Å²) in [5, 5.41) is 3.22. The van der Waals surface area contributed by atoms with Gasteiger partial charge in [-0.3, -0.25) is 4.79 Å². The Balaban J connectivity index is 2.21. The van der Waals surface area contributed by atoms with Gasteiger partial charge in [0.05, 0.1) is 0 Å². The number of hydrogen-bond acceptors (Lipinski definition) is 3. The molecule has 0 aliphatic carbocycles. The predicted molar refractivity (Wildman–Crippen MR) is 70.6 cm³/mol. The molecule has 0 saturated carbocycles. The van der Waals surface area contributed by atoms with Gasteiger partial charge in [-0.2, -0.15) is 0 Å². The van der Waals surface area contributed by atoms with Gasteiger partial charge < -0.3 is 11.1 Å². The summed E-state index contributed by atoms with van der Waals surface area (Å²) >= 11 is 0. The molecule has 3 heteroatoms. The van der Waals surface area contributed by atoms with Crippen LogP contribution in [-0.4, -0.2) is 5.78 Å². The molecule has 0 unspecified atom stereocenters. The SMILES string of the molecule is CC(=O)c1cccc(Nc2ccc(N)cc2)c1. The van der Waals surface area contributed by atoms with Gasteiger partial charge in [-0.25, -0.2) is 0 Å². The molecular weight excluding hydrogens is 212 g/mol. The Morgan fingerprint density at radius 1 is 1.06 bits per heavy atom. The van der Waals surface area contributed by atoms with Crippen LogP contribution in [0.15, 0.2) is 48.5 Å². The lowest BCUT2D eigenvalue weighted by Crippen LogP contribution is -1.95. The molecule has 2 rings (SSSR count). The van der Waals surface area contributed by atoms with E-state index in [1.54, 1.807) is 13.0 Å². The molecule has 0 aromatic heterocycles. The lowest BCUT2D eigenvalue weighted by Gasteiger charge is -2.07. The van der Waals surface area contributed by atoms with Gasteiger partial charge in [-0.15, -0.1) is 0 Å². The Labute approximate surface area is 100 Å². The summed E-state index contributed by atoms with van der Waals surface area (Å²) < 4.78 is 0. The zero-order valence-corrected chi connectivity index (χ0v) is 9.60. The number of anilines is 3. The summed E-state index contributed by atoms with van der Waals surface area (Å²) in [5.74, 6) is 0.0611. The van der Waals surface area contributed by atoms with E-state index in [4.69, 9.17) is 5.73 Å². The van der Waals surface area contributed by atoms with Crippen molar-refractivity contribution in [2.24, 2.45) is 0 Å². The van der Waals surface area contributed by atoms with Crippen molar-refractivity contribution in [2.75, 3.05) is 11.1 Å². The van der Waals surface area contributed by atoms with Gasteiger partial charge in [0.15, 0.2) is 5.78 Å². The third-order valence-electron chi connectivity index (χ3n) is 2.47. The molecule has 0 aliphatic rings. The fraction of sp³-hybridized carbons (Fsp3) is 0.0714. The Bertz CT molecular complexity index is 532. The van der Waals surface area contributed by atoms with Crippen molar-refractivity contribution >= 4 is 22.8 Å². The molecule has 3 nitrogen and oxygen atoms in total. The zero-order valence-electron chi connectivity index (χ0n) is 9.60. The van der Waals surface area contributed by atoms with Crippen LogP contribution in [0.1, 0.15) is 17.3 Å². The van der Waals surface area contributed by atoms with Crippen molar-refractivity contribution in [2.45, 2.75) is 6.92 Å². The van der Waals surface area contributed by atoms with E-state index in [1.165, 1.54) is 0 Å². The average Bonchev–Trinajstić information content (AvgIpc) is 2.32. The number of rotatable bonds is 3. The molecule has 3 N–H and O–H groups in total. The van der Waals surface area contributed by atoms with Crippen LogP contribution in [0, 0.1) is 0 Å². The number of carbonyl (C=O) groups is 1. The lowest BCUT2D eigenvalue weighted by molar-refractivity contribution is 0.101. The summed E-state index contributed by atoms with van der Waals surface area (Å²) in [6.07, 6.45) is 0. The molecule has 0 atom stereocenters. The average molecular weight is 226 g/mol. The lowest BCUT2D eigenvalue weighted by atomic mass is 10.1. The molecule has 0 bridgehead atoms. The third-order valence-corrected chi connectivity index (χ3v) is 2.47. The Hall–Kier alpha value is -2.29. The molecule has 0 saturated heterocycles. The highest BCUT2D eigenvalue weighted by atomic mass is 16.1. The maximum absolute atomic E-state index is 11.3. The van der Waals surface area contributed by atoms with Gasteiger partial charge >= 0.3 is 0 Å². The number of nitrogen functional groups attached to an aromatic ring is 1. The van der Waals surface area contributed by atoms with E-state index >= 15 is 0 Å².